The van der Waals surface area contributed by atoms with Gasteiger partial charge in [-0.05, 0) is 56.8 Å². The van der Waals surface area contributed by atoms with E-state index in [1.54, 1.807) is 11.9 Å². The van der Waals surface area contributed by atoms with Gasteiger partial charge in [0.1, 0.15) is 6.04 Å². The van der Waals surface area contributed by atoms with E-state index < -0.39 is 10.8 Å². The van der Waals surface area contributed by atoms with Crippen molar-refractivity contribution in [3.8, 4) is 0 Å². The normalized spacial score (nSPS) is 12.7. The van der Waals surface area contributed by atoms with Crippen LogP contribution < -0.4 is 15.4 Å². The number of aryl methyl sites for hydroxylation is 1. The molecule has 0 heterocycles. The minimum Gasteiger partial charge on any atom is -0.319 e. The lowest BCUT2D eigenvalue weighted by Crippen LogP contribution is -2.53. The average molecular weight is 323 g/mol. The molecular weight excluding hydrogens is 298 g/mol. The molecule has 1 aromatic rings. The first kappa shape index (κ1) is 18.5. The molecule has 0 aliphatic carbocycles. The SMILES string of the molecule is CC(=O)NSC(C)(C)[C@H](N)C(=O)N(C)c1cccc(C)c1C. The molecule has 0 aliphatic heterocycles. The maximum absolute atomic E-state index is 12.7. The lowest BCUT2D eigenvalue weighted by Gasteiger charge is -2.32. The number of hydrogen-bond donors (Lipinski definition) is 2. The van der Waals surface area contributed by atoms with E-state index in [1.807, 2.05) is 45.9 Å². The zero-order valence-corrected chi connectivity index (χ0v) is 14.9. The molecule has 0 spiro atoms. The van der Waals surface area contributed by atoms with Crippen molar-refractivity contribution in [3.05, 3.63) is 29.3 Å². The Morgan fingerprint density at radius 3 is 2.45 bits per heavy atom. The third-order valence-corrected chi connectivity index (χ3v) is 4.91. The number of benzene rings is 1. The van der Waals surface area contributed by atoms with Gasteiger partial charge in [0.2, 0.25) is 11.8 Å². The van der Waals surface area contributed by atoms with Gasteiger partial charge in [-0.3, -0.25) is 14.3 Å². The van der Waals surface area contributed by atoms with E-state index in [9.17, 15) is 9.59 Å². The Hall–Kier alpha value is -1.53. The fourth-order valence-corrected chi connectivity index (χ4v) is 2.63. The number of anilines is 1. The Kier molecular flexibility index (Phi) is 6.02. The van der Waals surface area contributed by atoms with E-state index >= 15 is 0 Å². The van der Waals surface area contributed by atoms with Gasteiger partial charge in [-0.1, -0.05) is 12.1 Å². The van der Waals surface area contributed by atoms with E-state index in [2.05, 4.69) is 4.72 Å². The largest absolute Gasteiger partial charge is 0.319 e. The van der Waals surface area contributed by atoms with E-state index in [0.717, 1.165) is 16.8 Å². The summed E-state index contributed by atoms with van der Waals surface area (Å²) in [7, 11) is 1.73. The van der Waals surface area contributed by atoms with Crippen molar-refractivity contribution in [1.29, 1.82) is 0 Å². The fraction of sp³-hybridized carbons (Fsp3) is 0.500. The summed E-state index contributed by atoms with van der Waals surface area (Å²) in [5.74, 6) is -0.350. The molecule has 6 heteroatoms. The number of carbonyl (C=O) groups is 2. The van der Waals surface area contributed by atoms with Crippen LogP contribution >= 0.6 is 11.9 Å². The molecule has 3 N–H and O–H groups in total. The summed E-state index contributed by atoms with van der Waals surface area (Å²) in [6, 6.07) is 5.09. The number of amides is 2. The van der Waals surface area contributed by atoms with Crippen molar-refractivity contribution >= 4 is 29.4 Å². The summed E-state index contributed by atoms with van der Waals surface area (Å²) in [6.07, 6.45) is 0. The predicted octanol–water partition coefficient (Wildman–Crippen LogP) is 2.16. The number of hydrogen-bond acceptors (Lipinski definition) is 4. The van der Waals surface area contributed by atoms with E-state index in [-0.39, 0.29) is 11.8 Å². The molecule has 5 nitrogen and oxygen atoms in total. The molecule has 1 rings (SSSR count). The Morgan fingerprint density at radius 1 is 1.32 bits per heavy atom. The Labute approximate surface area is 136 Å². The van der Waals surface area contributed by atoms with E-state index in [1.165, 1.54) is 18.9 Å². The lowest BCUT2D eigenvalue weighted by molar-refractivity contribution is -0.120. The van der Waals surface area contributed by atoms with Gasteiger partial charge in [0.05, 0.1) is 4.75 Å². The Morgan fingerprint density at radius 2 is 1.91 bits per heavy atom. The average Bonchev–Trinajstić information content (AvgIpc) is 2.45. The molecule has 22 heavy (non-hydrogen) atoms. The Balaban J connectivity index is 2.94. The first-order valence-electron chi connectivity index (χ1n) is 7.12. The van der Waals surface area contributed by atoms with Crippen molar-refractivity contribution in [2.24, 2.45) is 5.73 Å². The summed E-state index contributed by atoms with van der Waals surface area (Å²) in [4.78, 5) is 25.3. The molecule has 1 atom stereocenters. The first-order chi connectivity index (χ1) is 10.1. The zero-order chi connectivity index (χ0) is 17.1. The summed E-state index contributed by atoms with van der Waals surface area (Å²) in [6.45, 7) is 9.10. The van der Waals surface area contributed by atoms with Crippen LogP contribution in [0.2, 0.25) is 0 Å². The Bertz CT molecular complexity index is 573. The highest BCUT2D eigenvalue weighted by Crippen LogP contribution is 2.28. The third kappa shape index (κ3) is 4.24. The van der Waals surface area contributed by atoms with Crippen LogP contribution in [0.4, 0.5) is 5.69 Å². The van der Waals surface area contributed by atoms with Crippen LogP contribution in [0.3, 0.4) is 0 Å². The van der Waals surface area contributed by atoms with Crippen LogP contribution in [-0.4, -0.2) is 29.7 Å². The predicted molar refractivity (Wildman–Crippen MR) is 92.8 cm³/mol. The summed E-state index contributed by atoms with van der Waals surface area (Å²) >= 11 is 1.17. The molecule has 1 aromatic carbocycles. The van der Waals surface area contributed by atoms with Gasteiger partial charge in [-0.25, -0.2) is 0 Å². The first-order valence-corrected chi connectivity index (χ1v) is 7.93. The van der Waals surface area contributed by atoms with Gasteiger partial charge in [-0.15, -0.1) is 0 Å². The van der Waals surface area contributed by atoms with Gasteiger partial charge < -0.3 is 10.6 Å². The van der Waals surface area contributed by atoms with Crippen LogP contribution in [0, 0.1) is 13.8 Å². The van der Waals surface area contributed by atoms with Crippen molar-refractivity contribution in [1.82, 2.24) is 4.72 Å². The van der Waals surface area contributed by atoms with Crippen LogP contribution in [0.1, 0.15) is 31.9 Å². The summed E-state index contributed by atoms with van der Waals surface area (Å²) < 4.78 is 2.03. The molecule has 0 saturated carbocycles. The third-order valence-electron chi connectivity index (χ3n) is 3.74. The monoisotopic (exact) mass is 323 g/mol. The summed E-state index contributed by atoms with van der Waals surface area (Å²) in [5.41, 5.74) is 9.17. The van der Waals surface area contributed by atoms with Crippen LogP contribution in [0.25, 0.3) is 0 Å². The van der Waals surface area contributed by atoms with Crippen molar-refractivity contribution in [2.75, 3.05) is 11.9 Å². The fourth-order valence-electron chi connectivity index (χ4n) is 1.99. The van der Waals surface area contributed by atoms with Crippen LogP contribution in [0.5, 0.6) is 0 Å². The minimum absolute atomic E-state index is 0.166. The van der Waals surface area contributed by atoms with Crippen molar-refractivity contribution < 1.29 is 9.59 Å². The highest BCUT2D eigenvalue weighted by Gasteiger charge is 2.35. The number of rotatable bonds is 5. The number of nitrogens with one attached hydrogen (secondary N) is 1. The molecule has 122 valence electrons. The molecule has 2 amide bonds. The highest BCUT2D eigenvalue weighted by molar-refractivity contribution is 7.99. The van der Waals surface area contributed by atoms with Gasteiger partial charge >= 0.3 is 0 Å². The van der Waals surface area contributed by atoms with E-state index in [0.29, 0.717) is 0 Å². The lowest BCUT2D eigenvalue weighted by atomic mass is 10.0. The topological polar surface area (TPSA) is 75.4 Å². The second kappa shape index (κ2) is 7.15. The molecule has 0 aromatic heterocycles. The minimum atomic E-state index is -0.741. The number of nitrogens with two attached hydrogens (primary N) is 1. The van der Waals surface area contributed by atoms with Crippen LogP contribution in [-0.2, 0) is 9.59 Å². The zero-order valence-electron chi connectivity index (χ0n) is 14.1. The van der Waals surface area contributed by atoms with E-state index in [4.69, 9.17) is 5.73 Å². The standard InChI is InChI=1S/C16H25N3O2S/c1-10-8-7-9-13(11(10)2)19(6)15(21)14(17)16(4,5)22-18-12(3)20/h7-9,14H,17H2,1-6H3,(H,18,20)/t14-/m1/s1. The highest BCUT2D eigenvalue weighted by atomic mass is 32.2. The maximum atomic E-state index is 12.7. The van der Waals surface area contributed by atoms with Gasteiger partial charge in [0, 0.05) is 19.7 Å². The molecule has 0 fully saturated rings. The number of carbonyl (C=O) groups excluding carboxylic acids is 2. The quantitative estimate of drug-likeness (QED) is 0.814. The summed E-state index contributed by atoms with van der Waals surface area (Å²) in [5, 5.41) is 0. The maximum Gasteiger partial charge on any atom is 0.245 e. The number of likely N-dealkylation sites (N-methyl/N-ethyl adjacent to an activating group) is 1. The molecule has 0 saturated heterocycles. The van der Waals surface area contributed by atoms with Crippen molar-refractivity contribution in [2.45, 2.75) is 45.4 Å². The molecule has 0 aliphatic rings. The van der Waals surface area contributed by atoms with Crippen LogP contribution in [0.15, 0.2) is 18.2 Å². The second-order valence-electron chi connectivity index (χ2n) is 5.96. The van der Waals surface area contributed by atoms with Crippen molar-refractivity contribution in [3.63, 3.8) is 0 Å². The number of nitrogens with zero attached hydrogens (tertiary/aromatic N) is 1. The van der Waals surface area contributed by atoms with Gasteiger partial charge in [0.15, 0.2) is 0 Å². The molecular formula is C16H25N3O2S. The second-order valence-corrected chi connectivity index (χ2v) is 7.42. The molecule has 0 unspecified atom stereocenters. The molecule has 0 bridgehead atoms. The smallest absolute Gasteiger partial charge is 0.245 e. The molecule has 0 radical (unpaired) electrons. The van der Waals surface area contributed by atoms with Gasteiger partial charge in [0.25, 0.3) is 0 Å². The van der Waals surface area contributed by atoms with Gasteiger partial charge in [-0.2, -0.15) is 0 Å².